The Labute approximate surface area is 130 Å². The number of benzene rings is 2. The van der Waals surface area contributed by atoms with Crippen LogP contribution in [0.2, 0.25) is 5.02 Å². The van der Waals surface area contributed by atoms with Crippen molar-refractivity contribution in [1.29, 1.82) is 5.26 Å². The smallest absolute Gasteiger partial charge is 0.162 e. The van der Waals surface area contributed by atoms with Crippen LogP contribution in [0.3, 0.4) is 0 Å². The standard InChI is InChI=1S/C15H11BrClNO2/c1-19-14-6-11(8-18)12(16)7-15(14)20-9-10-4-2-3-5-13(10)17/h2-7H,9H2,1H3. The van der Waals surface area contributed by atoms with Crippen LogP contribution >= 0.6 is 27.5 Å². The van der Waals surface area contributed by atoms with Crippen molar-refractivity contribution in [3.8, 4) is 17.6 Å². The van der Waals surface area contributed by atoms with Crippen LogP contribution in [-0.4, -0.2) is 7.11 Å². The van der Waals surface area contributed by atoms with Gasteiger partial charge in [0.05, 0.1) is 12.7 Å². The van der Waals surface area contributed by atoms with Gasteiger partial charge in [-0.15, -0.1) is 0 Å². The van der Waals surface area contributed by atoms with Crippen molar-refractivity contribution in [2.75, 3.05) is 7.11 Å². The fraction of sp³-hybridized carbons (Fsp3) is 0.133. The van der Waals surface area contributed by atoms with Crippen LogP contribution in [0, 0.1) is 11.3 Å². The van der Waals surface area contributed by atoms with Gasteiger partial charge in [-0.3, -0.25) is 0 Å². The predicted molar refractivity (Wildman–Crippen MR) is 81.2 cm³/mol. The molecule has 0 saturated heterocycles. The molecule has 0 aliphatic heterocycles. The van der Waals surface area contributed by atoms with Crippen molar-refractivity contribution in [2.45, 2.75) is 6.61 Å². The summed E-state index contributed by atoms with van der Waals surface area (Å²) in [6.45, 7) is 0.328. The third-order valence-electron chi connectivity index (χ3n) is 2.71. The van der Waals surface area contributed by atoms with Gasteiger partial charge in [0, 0.05) is 21.1 Å². The van der Waals surface area contributed by atoms with Gasteiger partial charge in [0.2, 0.25) is 0 Å². The van der Waals surface area contributed by atoms with Crippen molar-refractivity contribution in [3.63, 3.8) is 0 Å². The molecule has 3 nitrogen and oxygen atoms in total. The Kier molecular flexibility index (Phi) is 4.89. The maximum atomic E-state index is 8.98. The molecule has 0 bridgehead atoms. The number of ether oxygens (including phenoxy) is 2. The van der Waals surface area contributed by atoms with Gasteiger partial charge in [-0.2, -0.15) is 5.26 Å². The Balaban J connectivity index is 2.24. The molecule has 0 amide bonds. The number of hydrogen-bond acceptors (Lipinski definition) is 3. The average Bonchev–Trinajstić information content (AvgIpc) is 2.46. The molecule has 0 atom stereocenters. The second kappa shape index (κ2) is 6.65. The first-order valence-corrected chi connectivity index (χ1v) is 6.96. The van der Waals surface area contributed by atoms with Crippen molar-refractivity contribution in [1.82, 2.24) is 0 Å². The minimum absolute atomic E-state index is 0.328. The molecule has 5 heteroatoms. The van der Waals surface area contributed by atoms with E-state index in [1.807, 2.05) is 24.3 Å². The Morgan fingerprint density at radius 1 is 1.25 bits per heavy atom. The van der Waals surface area contributed by atoms with Gasteiger partial charge in [-0.25, -0.2) is 0 Å². The number of hydrogen-bond donors (Lipinski definition) is 0. The first kappa shape index (κ1) is 14.7. The molecule has 102 valence electrons. The first-order valence-electron chi connectivity index (χ1n) is 5.79. The maximum absolute atomic E-state index is 8.98. The monoisotopic (exact) mass is 351 g/mol. The molecule has 2 aromatic rings. The molecule has 0 N–H and O–H groups in total. The summed E-state index contributed by atoms with van der Waals surface area (Å²) in [7, 11) is 1.53. The summed E-state index contributed by atoms with van der Waals surface area (Å²) in [6.07, 6.45) is 0. The summed E-state index contributed by atoms with van der Waals surface area (Å²) in [5, 5.41) is 9.63. The topological polar surface area (TPSA) is 42.2 Å². The number of nitrogens with zero attached hydrogens (tertiary/aromatic N) is 1. The van der Waals surface area contributed by atoms with Crippen LogP contribution in [0.1, 0.15) is 11.1 Å². The number of rotatable bonds is 4. The molecular formula is C15H11BrClNO2. The van der Waals surface area contributed by atoms with Crippen LogP contribution in [0.4, 0.5) is 0 Å². The molecule has 2 aromatic carbocycles. The number of nitriles is 1. The molecule has 0 aromatic heterocycles. The van der Waals surface area contributed by atoms with Gasteiger partial charge < -0.3 is 9.47 Å². The van der Waals surface area contributed by atoms with Gasteiger partial charge in [-0.1, -0.05) is 29.8 Å². The van der Waals surface area contributed by atoms with E-state index < -0.39 is 0 Å². The van der Waals surface area contributed by atoms with E-state index in [9.17, 15) is 0 Å². The molecule has 0 spiro atoms. The zero-order chi connectivity index (χ0) is 14.5. The molecule has 2 rings (SSSR count). The molecule has 0 saturated carbocycles. The first-order chi connectivity index (χ1) is 9.65. The summed E-state index contributed by atoms with van der Waals surface area (Å²) in [5.41, 5.74) is 1.38. The van der Waals surface area contributed by atoms with E-state index >= 15 is 0 Å². The van der Waals surface area contributed by atoms with E-state index in [0.29, 0.717) is 33.2 Å². The van der Waals surface area contributed by atoms with E-state index in [4.69, 9.17) is 26.3 Å². The highest BCUT2D eigenvalue weighted by Gasteiger charge is 2.11. The highest BCUT2D eigenvalue weighted by Crippen LogP contribution is 2.34. The second-order valence-electron chi connectivity index (χ2n) is 3.97. The van der Waals surface area contributed by atoms with Gasteiger partial charge in [0.15, 0.2) is 11.5 Å². The van der Waals surface area contributed by atoms with Gasteiger partial charge in [-0.05, 0) is 28.1 Å². The fourth-order valence-corrected chi connectivity index (χ4v) is 2.27. The zero-order valence-corrected chi connectivity index (χ0v) is 13.0. The second-order valence-corrected chi connectivity index (χ2v) is 5.24. The van der Waals surface area contributed by atoms with Gasteiger partial charge in [0.25, 0.3) is 0 Å². The molecule has 0 aliphatic carbocycles. The lowest BCUT2D eigenvalue weighted by molar-refractivity contribution is 0.284. The lowest BCUT2D eigenvalue weighted by atomic mass is 10.2. The van der Waals surface area contributed by atoms with E-state index in [0.717, 1.165) is 5.56 Å². The van der Waals surface area contributed by atoms with E-state index in [1.165, 1.54) is 7.11 Å². The fourth-order valence-electron chi connectivity index (χ4n) is 1.66. The minimum atomic E-state index is 0.328. The normalized spacial score (nSPS) is 9.90. The van der Waals surface area contributed by atoms with Crippen molar-refractivity contribution < 1.29 is 9.47 Å². The van der Waals surface area contributed by atoms with E-state index in [2.05, 4.69) is 22.0 Å². The van der Waals surface area contributed by atoms with Crippen LogP contribution in [0.25, 0.3) is 0 Å². The third kappa shape index (κ3) is 3.24. The van der Waals surface area contributed by atoms with E-state index in [-0.39, 0.29) is 0 Å². The summed E-state index contributed by atoms with van der Waals surface area (Å²) in [6, 6.07) is 12.9. The Bertz CT molecular complexity index is 667. The van der Waals surface area contributed by atoms with Crippen molar-refractivity contribution >= 4 is 27.5 Å². The molecule has 0 heterocycles. The molecular weight excluding hydrogens is 342 g/mol. The summed E-state index contributed by atoms with van der Waals surface area (Å²) >= 11 is 9.41. The van der Waals surface area contributed by atoms with Crippen LogP contribution in [0.15, 0.2) is 40.9 Å². The highest BCUT2D eigenvalue weighted by atomic mass is 79.9. The molecule has 20 heavy (non-hydrogen) atoms. The van der Waals surface area contributed by atoms with Crippen molar-refractivity contribution in [2.24, 2.45) is 0 Å². The zero-order valence-electron chi connectivity index (χ0n) is 10.7. The number of halogens is 2. The Morgan fingerprint density at radius 2 is 2.00 bits per heavy atom. The molecule has 0 fully saturated rings. The van der Waals surface area contributed by atoms with Crippen LogP contribution in [0.5, 0.6) is 11.5 Å². The maximum Gasteiger partial charge on any atom is 0.162 e. The summed E-state index contributed by atoms with van der Waals surface area (Å²) < 4.78 is 11.6. The van der Waals surface area contributed by atoms with Gasteiger partial charge in [0.1, 0.15) is 12.7 Å². The minimum Gasteiger partial charge on any atom is -0.493 e. The third-order valence-corrected chi connectivity index (χ3v) is 3.74. The Hall–Kier alpha value is -1.70. The SMILES string of the molecule is COc1cc(C#N)c(Br)cc1OCc1ccccc1Cl. The summed E-state index contributed by atoms with van der Waals surface area (Å²) in [5.74, 6) is 1.06. The van der Waals surface area contributed by atoms with Crippen molar-refractivity contribution in [3.05, 3.63) is 57.0 Å². The van der Waals surface area contributed by atoms with Crippen LogP contribution < -0.4 is 9.47 Å². The largest absolute Gasteiger partial charge is 0.493 e. The predicted octanol–water partition coefficient (Wildman–Crippen LogP) is 4.56. The molecule has 0 unspecified atom stereocenters. The quantitative estimate of drug-likeness (QED) is 0.810. The summed E-state index contributed by atoms with van der Waals surface area (Å²) in [4.78, 5) is 0. The Morgan fingerprint density at radius 3 is 2.65 bits per heavy atom. The number of methoxy groups -OCH3 is 1. The average molecular weight is 353 g/mol. The lowest BCUT2D eigenvalue weighted by Crippen LogP contribution is -1.99. The van der Waals surface area contributed by atoms with Gasteiger partial charge >= 0.3 is 0 Å². The molecule has 0 aliphatic rings. The van der Waals surface area contributed by atoms with Crippen LogP contribution in [-0.2, 0) is 6.61 Å². The lowest BCUT2D eigenvalue weighted by Gasteiger charge is -2.12. The highest BCUT2D eigenvalue weighted by molar-refractivity contribution is 9.10. The molecule has 0 radical (unpaired) electrons. The van der Waals surface area contributed by atoms with E-state index in [1.54, 1.807) is 12.1 Å².